The number of rotatable bonds is 5. The highest BCUT2D eigenvalue weighted by Gasteiger charge is 2.43. The van der Waals surface area contributed by atoms with Crippen molar-refractivity contribution in [3.8, 4) is 0 Å². The molecular weight excluding hydrogens is 308 g/mol. The van der Waals surface area contributed by atoms with Gasteiger partial charge in [0.25, 0.3) is 0 Å². The van der Waals surface area contributed by atoms with E-state index in [2.05, 4.69) is 4.98 Å². The molecule has 1 aliphatic rings. The summed E-state index contributed by atoms with van der Waals surface area (Å²) in [5.41, 5.74) is -0.515. The number of aromatic nitrogens is 2. The predicted octanol–water partition coefficient (Wildman–Crippen LogP) is -1.65. The maximum Gasteiger partial charge on any atom is 0.350 e. The molecule has 0 aliphatic carbocycles. The van der Waals surface area contributed by atoms with Crippen molar-refractivity contribution < 1.29 is 29.6 Å². The third-order valence-electron chi connectivity index (χ3n) is 3.37. The highest BCUT2D eigenvalue weighted by atomic mass is 16.6. The highest BCUT2D eigenvalue weighted by molar-refractivity contribution is 5.72. The van der Waals surface area contributed by atoms with Crippen LogP contribution in [-0.4, -0.2) is 61.9 Å². The van der Waals surface area contributed by atoms with Crippen LogP contribution >= 0.6 is 0 Å². The molecule has 128 valence electrons. The van der Waals surface area contributed by atoms with Crippen LogP contribution in [0.1, 0.15) is 25.8 Å². The van der Waals surface area contributed by atoms with Gasteiger partial charge in [-0.2, -0.15) is 4.98 Å². The predicted molar refractivity (Wildman–Crippen MR) is 76.4 cm³/mol. The minimum absolute atomic E-state index is 0.149. The van der Waals surface area contributed by atoms with Crippen LogP contribution < -0.4 is 5.69 Å². The summed E-state index contributed by atoms with van der Waals surface area (Å²) < 4.78 is 11.2. The van der Waals surface area contributed by atoms with Gasteiger partial charge in [-0.25, -0.2) is 4.79 Å². The first kappa shape index (κ1) is 17.5. The average molecular weight is 328 g/mol. The Kier molecular flexibility index (Phi) is 5.47. The molecule has 0 aromatic carbocycles. The van der Waals surface area contributed by atoms with E-state index >= 15 is 0 Å². The number of esters is 1. The molecular formula is C14H20N2O7. The van der Waals surface area contributed by atoms with E-state index in [-0.39, 0.29) is 18.2 Å². The first-order valence-corrected chi connectivity index (χ1v) is 7.23. The van der Waals surface area contributed by atoms with Crippen LogP contribution in [0.4, 0.5) is 0 Å². The van der Waals surface area contributed by atoms with Gasteiger partial charge in [-0.05, 0) is 19.9 Å². The lowest BCUT2D eigenvalue weighted by Crippen LogP contribution is -2.36. The maximum absolute atomic E-state index is 12.0. The van der Waals surface area contributed by atoms with Crippen molar-refractivity contribution in [2.45, 2.75) is 50.9 Å². The normalized spacial score (nSPS) is 27.4. The number of aliphatic hydroxyl groups excluding tert-OH is 3. The molecule has 3 N–H and O–H groups in total. The molecule has 1 aromatic rings. The number of hydrogen-bond donors (Lipinski definition) is 3. The van der Waals surface area contributed by atoms with E-state index in [0.717, 1.165) is 4.57 Å². The lowest BCUT2D eigenvalue weighted by atomic mass is 10.1. The van der Waals surface area contributed by atoms with Crippen molar-refractivity contribution in [3.63, 3.8) is 0 Å². The second-order valence-corrected chi connectivity index (χ2v) is 5.55. The molecule has 1 saturated heterocycles. The van der Waals surface area contributed by atoms with E-state index in [1.165, 1.54) is 12.3 Å². The molecule has 0 saturated carbocycles. The van der Waals surface area contributed by atoms with Crippen LogP contribution in [0.3, 0.4) is 0 Å². The fourth-order valence-corrected chi connectivity index (χ4v) is 2.30. The van der Waals surface area contributed by atoms with Crippen molar-refractivity contribution in [2.24, 2.45) is 0 Å². The number of carbonyl (C=O) groups excluding carboxylic acids is 1. The summed E-state index contributed by atoms with van der Waals surface area (Å²) >= 11 is 0. The smallest absolute Gasteiger partial charge is 0.350 e. The molecule has 9 heteroatoms. The second-order valence-electron chi connectivity index (χ2n) is 5.55. The molecule has 9 nitrogen and oxygen atoms in total. The number of carbonyl (C=O) groups is 1. The Morgan fingerprint density at radius 2 is 2.13 bits per heavy atom. The summed E-state index contributed by atoms with van der Waals surface area (Å²) in [6.07, 6.45) is -3.91. The molecule has 1 aliphatic heterocycles. The Balaban J connectivity index is 2.14. The molecule has 2 heterocycles. The second kappa shape index (κ2) is 7.18. The van der Waals surface area contributed by atoms with Gasteiger partial charge in [0.15, 0.2) is 6.23 Å². The Hall–Kier alpha value is -1.81. The van der Waals surface area contributed by atoms with E-state index < -0.39 is 42.8 Å². The molecule has 23 heavy (non-hydrogen) atoms. The Morgan fingerprint density at radius 3 is 2.65 bits per heavy atom. The van der Waals surface area contributed by atoms with Crippen LogP contribution in [0.5, 0.6) is 0 Å². The molecule has 1 aromatic heterocycles. The third kappa shape index (κ3) is 3.94. The van der Waals surface area contributed by atoms with Gasteiger partial charge >= 0.3 is 11.7 Å². The van der Waals surface area contributed by atoms with Gasteiger partial charge < -0.3 is 24.8 Å². The highest BCUT2D eigenvalue weighted by Crippen LogP contribution is 2.27. The van der Waals surface area contributed by atoms with Crippen molar-refractivity contribution in [1.82, 2.24) is 9.55 Å². The Bertz CT molecular complexity index is 615. The molecule has 0 unspecified atom stereocenters. The van der Waals surface area contributed by atoms with E-state index in [0.29, 0.717) is 0 Å². The first-order valence-electron chi connectivity index (χ1n) is 7.23. The Labute approximate surface area is 132 Å². The fourth-order valence-electron chi connectivity index (χ4n) is 2.30. The lowest BCUT2D eigenvalue weighted by molar-refractivity contribution is -0.146. The molecule has 1 fully saturated rings. The standard InChI is InChI=1S/C14H20N2O7/c1-7(2)22-10(18)5-8-3-4-16(14(21)15-8)13-12(20)11(19)9(6-17)23-13/h3-4,7,9,11-13,17,19-20H,5-6H2,1-2H3/t9-,11-,12+,13-/m1/s1. The van der Waals surface area contributed by atoms with E-state index in [9.17, 15) is 19.8 Å². The van der Waals surface area contributed by atoms with Crippen LogP contribution in [0.25, 0.3) is 0 Å². The molecule has 0 bridgehead atoms. The van der Waals surface area contributed by atoms with Gasteiger partial charge in [-0.15, -0.1) is 0 Å². The monoisotopic (exact) mass is 328 g/mol. The number of ether oxygens (including phenoxy) is 2. The van der Waals surface area contributed by atoms with Crippen LogP contribution in [-0.2, 0) is 20.7 Å². The van der Waals surface area contributed by atoms with Gasteiger partial charge in [0.2, 0.25) is 0 Å². The minimum Gasteiger partial charge on any atom is -0.463 e. The number of hydrogen-bond acceptors (Lipinski definition) is 8. The lowest BCUT2D eigenvalue weighted by Gasteiger charge is -2.17. The number of nitrogens with zero attached hydrogens (tertiary/aromatic N) is 2. The largest absolute Gasteiger partial charge is 0.463 e. The Morgan fingerprint density at radius 1 is 1.43 bits per heavy atom. The summed E-state index contributed by atoms with van der Waals surface area (Å²) in [7, 11) is 0. The van der Waals surface area contributed by atoms with E-state index in [4.69, 9.17) is 14.6 Å². The first-order chi connectivity index (χ1) is 10.8. The SMILES string of the molecule is CC(C)OC(=O)Cc1ccn([C@@H]2O[C@H](CO)[C@@H](O)[C@@H]2O)c(=O)n1. The molecule has 0 amide bonds. The summed E-state index contributed by atoms with van der Waals surface area (Å²) in [4.78, 5) is 27.3. The van der Waals surface area contributed by atoms with E-state index in [1.807, 2.05) is 0 Å². The average Bonchev–Trinajstić information content (AvgIpc) is 2.74. The fraction of sp³-hybridized carbons (Fsp3) is 0.643. The van der Waals surface area contributed by atoms with Gasteiger partial charge in [0.05, 0.1) is 24.8 Å². The molecule has 0 radical (unpaired) electrons. The summed E-state index contributed by atoms with van der Waals surface area (Å²) in [6, 6.07) is 1.43. The third-order valence-corrected chi connectivity index (χ3v) is 3.37. The van der Waals surface area contributed by atoms with Gasteiger partial charge in [-0.3, -0.25) is 9.36 Å². The molecule has 2 rings (SSSR count). The zero-order chi connectivity index (χ0) is 17.1. The van der Waals surface area contributed by atoms with Crippen molar-refractivity contribution >= 4 is 5.97 Å². The summed E-state index contributed by atoms with van der Waals surface area (Å²) in [6.45, 7) is 2.94. The van der Waals surface area contributed by atoms with Crippen LogP contribution in [0.15, 0.2) is 17.1 Å². The van der Waals surface area contributed by atoms with Crippen LogP contribution in [0, 0.1) is 0 Å². The van der Waals surface area contributed by atoms with Gasteiger partial charge in [0, 0.05) is 6.20 Å². The summed E-state index contributed by atoms with van der Waals surface area (Å²) in [5, 5.41) is 28.7. The minimum atomic E-state index is -1.37. The van der Waals surface area contributed by atoms with Gasteiger partial charge in [-0.1, -0.05) is 0 Å². The molecule has 0 spiro atoms. The summed E-state index contributed by atoms with van der Waals surface area (Å²) in [5.74, 6) is -0.502. The van der Waals surface area contributed by atoms with Gasteiger partial charge in [0.1, 0.15) is 18.3 Å². The number of aliphatic hydroxyl groups is 3. The molecule has 4 atom stereocenters. The quantitative estimate of drug-likeness (QED) is 0.548. The van der Waals surface area contributed by atoms with Crippen LogP contribution in [0.2, 0.25) is 0 Å². The zero-order valence-electron chi connectivity index (χ0n) is 12.8. The zero-order valence-corrected chi connectivity index (χ0v) is 12.8. The topological polar surface area (TPSA) is 131 Å². The van der Waals surface area contributed by atoms with Crippen molar-refractivity contribution in [2.75, 3.05) is 6.61 Å². The van der Waals surface area contributed by atoms with Crippen molar-refractivity contribution in [1.29, 1.82) is 0 Å². The van der Waals surface area contributed by atoms with Crippen molar-refractivity contribution in [3.05, 3.63) is 28.4 Å². The van der Waals surface area contributed by atoms with E-state index in [1.54, 1.807) is 13.8 Å². The maximum atomic E-state index is 12.0.